The summed E-state index contributed by atoms with van der Waals surface area (Å²) in [5, 5.41) is 3.55. The molecular weight excluding hydrogens is 475 g/mol. The smallest absolute Gasteiger partial charge is 0.350 e. The van der Waals surface area contributed by atoms with E-state index >= 15 is 0 Å². The van der Waals surface area contributed by atoms with Crippen LogP contribution in [0.1, 0.15) is 43.4 Å². The number of likely N-dealkylation sites (tertiary alicyclic amines) is 1. The summed E-state index contributed by atoms with van der Waals surface area (Å²) in [5.74, 6) is -0.0894. The number of rotatable bonds is 5. The second-order valence-corrected chi connectivity index (χ2v) is 10.5. The molecule has 3 atom stereocenters. The fourth-order valence-electron chi connectivity index (χ4n) is 4.89. The summed E-state index contributed by atoms with van der Waals surface area (Å²) in [5.41, 5.74) is 1.52. The number of carbonyl (C=O) groups is 2. The summed E-state index contributed by atoms with van der Waals surface area (Å²) < 4.78 is 39.1. The highest BCUT2D eigenvalue weighted by molar-refractivity contribution is 7.15. The van der Waals surface area contributed by atoms with E-state index in [9.17, 15) is 22.8 Å². The number of nitrogens with one attached hydrogen (secondary N) is 1. The first-order chi connectivity index (χ1) is 16.6. The Kier molecular flexibility index (Phi) is 5.91. The van der Waals surface area contributed by atoms with Gasteiger partial charge in [0.25, 0.3) is 11.8 Å². The van der Waals surface area contributed by atoms with Gasteiger partial charge < -0.3 is 10.2 Å². The zero-order valence-corrected chi connectivity index (χ0v) is 20.0. The standard InChI is InChI=1S/C26H24F3N3O2S/c1-14-5-3-6-16(9-14)23-22(31-15(2)35-23)25(34)32-13-18-11-20(18)21(32)12-30-24(33)17-7-4-8-19(10-17)26(27,28)29/h3-10,18,20-21H,11-13H2,1-2H3,(H,30,33). The number of nitrogens with zero attached hydrogens (tertiary/aromatic N) is 2. The maximum atomic E-state index is 13.6. The van der Waals surface area contributed by atoms with E-state index in [4.69, 9.17) is 0 Å². The summed E-state index contributed by atoms with van der Waals surface area (Å²) in [6.07, 6.45) is -3.54. The summed E-state index contributed by atoms with van der Waals surface area (Å²) in [6, 6.07) is 12.1. The Morgan fingerprint density at radius 1 is 1.14 bits per heavy atom. The minimum atomic E-state index is -4.52. The molecule has 0 bridgehead atoms. The van der Waals surface area contributed by atoms with Gasteiger partial charge in [-0.3, -0.25) is 9.59 Å². The second kappa shape index (κ2) is 8.78. The summed E-state index contributed by atoms with van der Waals surface area (Å²) in [4.78, 5) is 33.4. The van der Waals surface area contributed by atoms with Crippen molar-refractivity contribution in [3.63, 3.8) is 0 Å². The molecule has 2 aliphatic rings. The molecule has 1 saturated heterocycles. The molecule has 1 aliphatic heterocycles. The van der Waals surface area contributed by atoms with E-state index in [1.807, 2.05) is 38.1 Å². The average molecular weight is 500 g/mol. The Hall–Kier alpha value is -3.20. The van der Waals surface area contributed by atoms with Gasteiger partial charge in [-0.15, -0.1) is 11.3 Å². The Balaban J connectivity index is 1.34. The molecule has 0 radical (unpaired) electrons. The van der Waals surface area contributed by atoms with Gasteiger partial charge >= 0.3 is 6.18 Å². The fraction of sp³-hybridized carbons (Fsp3) is 0.346. The highest BCUT2D eigenvalue weighted by Crippen LogP contribution is 2.50. The van der Waals surface area contributed by atoms with Crippen LogP contribution in [0, 0.1) is 25.7 Å². The van der Waals surface area contributed by atoms with Gasteiger partial charge in [-0.1, -0.05) is 35.9 Å². The van der Waals surface area contributed by atoms with E-state index < -0.39 is 17.6 Å². The van der Waals surface area contributed by atoms with Crippen LogP contribution in [-0.2, 0) is 6.18 Å². The van der Waals surface area contributed by atoms with E-state index in [1.54, 1.807) is 4.90 Å². The fourth-order valence-corrected chi connectivity index (χ4v) is 5.80. The van der Waals surface area contributed by atoms with Crippen LogP contribution in [0.2, 0.25) is 0 Å². The molecule has 35 heavy (non-hydrogen) atoms. The van der Waals surface area contributed by atoms with E-state index in [-0.39, 0.29) is 30.0 Å². The third-order valence-electron chi connectivity index (χ3n) is 6.70. The molecule has 2 heterocycles. The van der Waals surface area contributed by atoms with Crippen LogP contribution >= 0.6 is 11.3 Å². The van der Waals surface area contributed by atoms with Gasteiger partial charge in [-0.05, 0) is 55.9 Å². The minimum absolute atomic E-state index is 0.0556. The highest BCUT2D eigenvalue weighted by Gasteiger charge is 2.54. The summed E-state index contributed by atoms with van der Waals surface area (Å²) >= 11 is 1.48. The van der Waals surface area contributed by atoms with Gasteiger partial charge in [0.1, 0.15) is 5.69 Å². The van der Waals surface area contributed by atoms with Crippen molar-refractivity contribution in [3.8, 4) is 10.4 Å². The molecule has 1 aliphatic carbocycles. The number of amides is 2. The molecule has 1 N–H and O–H groups in total. The number of aryl methyl sites for hydroxylation is 2. The third kappa shape index (κ3) is 4.69. The number of thiazole rings is 1. The molecule has 2 amide bonds. The van der Waals surface area contributed by atoms with Gasteiger partial charge in [-0.2, -0.15) is 13.2 Å². The number of carbonyl (C=O) groups excluding carboxylic acids is 2. The molecule has 5 nitrogen and oxygen atoms in total. The van der Waals surface area contributed by atoms with E-state index in [1.165, 1.54) is 23.5 Å². The molecule has 0 spiro atoms. The first kappa shape index (κ1) is 23.5. The second-order valence-electron chi connectivity index (χ2n) is 9.25. The van der Waals surface area contributed by atoms with Gasteiger partial charge in [0.15, 0.2) is 0 Å². The van der Waals surface area contributed by atoms with Crippen LogP contribution in [0.5, 0.6) is 0 Å². The molecule has 1 saturated carbocycles. The number of aromatic nitrogens is 1. The Bertz CT molecular complexity index is 1300. The van der Waals surface area contributed by atoms with E-state index in [0.29, 0.717) is 18.2 Å². The molecule has 5 rings (SSSR count). The zero-order valence-electron chi connectivity index (χ0n) is 19.2. The minimum Gasteiger partial charge on any atom is -0.350 e. The van der Waals surface area contributed by atoms with Crippen molar-refractivity contribution in [2.45, 2.75) is 32.5 Å². The molecule has 3 unspecified atom stereocenters. The topological polar surface area (TPSA) is 62.3 Å². The van der Waals surface area contributed by atoms with Crippen LogP contribution in [0.3, 0.4) is 0 Å². The number of fused-ring (bicyclic) bond motifs is 1. The first-order valence-corrected chi connectivity index (χ1v) is 12.2. The molecule has 182 valence electrons. The molecular formula is C26H24F3N3O2S. The van der Waals surface area contributed by atoms with Crippen molar-refractivity contribution in [2.75, 3.05) is 13.1 Å². The lowest BCUT2D eigenvalue weighted by atomic mass is 10.1. The van der Waals surface area contributed by atoms with E-state index in [2.05, 4.69) is 10.3 Å². The van der Waals surface area contributed by atoms with Crippen molar-refractivity contribution >= 4 is 23.2 Å². The molecule has 1 aromatic heterocycles. The summed E-state index contributed by atoms with van der Waals surface area (Å²) in [6.45, 7) is 4.65. The number of halogens is 3. The number of hydrogen-bond acceptors (Lipinski definition) is 4. The van der Waals surface area contributed by atoms with Gasteiger partial charge in [0, 0.05) is 18.7 Å². The third-order valence-corrected chi connectivity index (χ3v) is 7.72. The molecule has 2 aromatic carbocycles. The lowest BCUT2D eigenvalue weighted by Crippen LogP contribution is -2.45. The molecule has 9 heteroatoms. The lowest BCUT2D eigenvalue weighted by Gasteiger charge is -2.27. The Morgan fingerprint density at radius 2 is 1.91 bits per heavy atom. The Labute approximate surface area is 205 Å². The van der Waals surface area contributed by atoms with Gasteiger partial charge in [-0.25, -0.2) is 4.98 Å². The van der Waals surface area contributed by atoms with Crippen molar-refractivity contribution in [3.05, 3.63) is 75.9 Å². The van der Waals surface area contributed by atoms with Crippen LogP contribution in [-0.4, -0.2) is 40.8 Å². The van der Waals surface area contributed by atoms with Crippen LogP contribution in [0.15, 0.2) is 48.5 Å². The largest absolute Gasteiger partial charge is 0.416 e. The van der Waals surface area contributed by atoms with Crippen molar-refractivity contribution in [2.24, 2.45) is 11.8 Å². The number of hydrogen-bond donors (Lipinski definition) is 1. The monoisotopic (exact) mass is 499 g/mol. The van der Waals surface area contributed by atoms with Crippen LogP contribution in [0.25, 0.3) is 10.4 Å². The number of alkyl halides is 3. The number of piperidine rings is 1. The highest BCUT2D eigenvalue weighted by atomic mass is 32.1. The van der Waals surface area contributed by atoms with Gasteiger partial charge in [0.05, 0.1) is 21.5 Å². The van der Waals surface area contributed by atoms with Crippen molar-refractivity contribution in [1.29, 1.82) is 0 Å². The van der Waals surface area contributed by atoms with Crippen LogP contribution < -0.4 is 5.32 Å². The maximum absolute atomic E-state index is 13.6. The SMILES string of the molecule is Cc1cccc(-c2sc(C)nc2C(=O)N2CC3CC3C2CNC(=O)c2cccc(C(F)(F)F)c2)c1. The van der Waals surface area contributed by atoms with Crippen molar-refractivity contribution < 1.29 is 22.8 Å². The maximum Gasteiger partial charge on any atom is 0.416 e. The van der Waals surface area contributed by atoms with Crippen LogP contribution in [0.4, 0.5) is 13.2 Å². The number of benzene rings is 2. The Morgan fingerprint density at radius 3 is 2.66 bits per heavy atom. The predicted molar refractivity (Wildman–Crippen MR) is 127 cm³/mol. The quantitative estimate of drug-likeness (QED) is 0.516. The predicted octanol–water partition coefficient (Wildman–Crippen LogP) is 5.34. The molecule has 3 aromatic rings. The molecule has 2 fully saturated rings. The first-order valence-electron chi connectivity index (χ1n) is 11.4. The lowest BCUT2D eigenvalue weighted by molar-refractivity contribution is -0.137. The van der Waals surface area contributed by atoms with E-state index in [0.717, 1.165) is 39.6 Å². The van der Waals surface area contributed by atoms with Crippen molar-refractivity contribution in [1.82, 2.24) is 15.2 Å². The normalized spacial score (nSPS) is 21.1. The average Bonchev–Trinajstić information content (AvgIpc) is 3.33. The van der Waals surface area contributed by atoms with Gasteiger partial charge in [0.2, 0.25) is 0 Å². The zero-order chi connectivity index (χ0) is 24.9. The summed E-state index contributed by atoms with van der Waals surface area (Å²) in [7, 11) is 0.